The first-order valence-corrected chi connectivity index (χ1v) is 7.05. The minimum Gasteiger partial charge on any atom is -0.399 e. The molecule has 3 aromatic rings. The van der Waals surface area contributed by atoms with E-state index in [2.05, 4.69) is 23.4 Å². The van der Waals surface area contributed by atoms with E-state index >= 15 is 0 Å². The third-order valence-electron chi connectivity index (χ3n) is 3.58. The maximum absolute atomic E-state index is 13.5. The van der Waals surface area contributed by atoms with Crippen LogP contribution < -0.4 is 5.73 Å². The predicted octanol–water partition coefficient (Wildman–Crippen LogP) is 3.93. The molecule has 0 aliphatic carbocycles. The number of anilines is 1. The van der Waals surface area contributed by atoms with E-state index in [4.69, 9.17) is 5.73 Å². The average molecular weight is 283 g/mol. The van der Waals surface area contributed by atoms with Gasteiger partial charge in [0.05, 0.1) is 11.0 Å². The second-order valence-electron chi connectivity index (χ2n) is 5.54. The van der Waals surface area contributed by atoms with Crippen molar-refractivity contribution in [3.63, 3.8) is 0 Å². The molecule has 1 heterocycles. The highest BCUT2D eigenvalue weighted by Gasteiger charge is 2.14. The minimum absolute atomic E-state index is 0.223. The highest BCUT2D eigenvalue weighted by Crippen LogP contribution is 2.24. The zero-order chi connectivity index (χ0) is 15.0. The number of hydrogen-bond acceptors (Lipinski definition) is 2. The summed E-state index contributed by atoms with van der Waals surface area (Å²) in [7, 11) is 0. The van der Waals surface area contributed by atoms with Gasteiger partial charge in [0.15, 0.2) is 0 Å². The summed E-state index contributed by atoms with van der Waals surface area (Å²) in [5.74, 6) is 0.707. The molecule has 0 amide bonds. The van der Waals surface area contributed by atoms with Crippen molar-refractivity contribution in [1.29, 1.82) is 0 Å². The van der Waals surface area contributed by atoms with Gasteiger partial charge in [0.25, 0.3) is 0 Å². The molecule has 3 nitrogen and oxygen atoms in total. The average Bonchev–Trinajstić information content (AvgIpc) is 2.78. The molecule has 0 fully saturated rings. The molecule has 0 aliphatic rings. The van der Waals surface area contributed by atoms with Gasteiger partial charge in [-0.05, 0) is 49.7 Å². The van der Waals surface area contributed by atoms with Crippen molar-refractivity contribution in [2.75, 3.05) is 5.73 Å². The number of halogens is 1. The summed E-state index contributed by atoms with van der Waals surface area (Å²) in [4.78, 5) is 4.66. The fourth-order valence-electron chi connectivity index (χ4n) is 2.64. The van der Waals surface area contributed by atoms with Gasteiger partial charge in [-0.1, -0.05) is 12.1 Å². The van der Waals surface area contributed by atoms with Crippen LogP contribution in [0, 0.1) is 5.82 Å². The van der Waals surface area contributed by atoms with E-state index in [0.717, 1.165) is 28.1 Å². The second kappa shape index (κ2) is 5.20. The van der Waals surface area contributed by atoms with Crippen LogP contribution in [0.1, 0.15) is 31.3 Å². The zero-order valence-electron chi connectivity index (χ0n) is 12.2. The van der Waals surface area contributed by atoms with Crippen molar-refractivity contribution in [2.24, 2.45) is 0 Å². The lowest BCUT2D eigenvalue weighted by Gasteiger charge is -2.13. The Morgan fingerprint density at radius 3 is 2.52 bits per heavy atom. The van der Waals surface area contributed by atoms with Crippen LogP contribution in [-0.4, -0.2) is 9.55 Å². The van der Waals surface area contributed by atoms with Crippen LogP contribution in [0.15, 0.2) is 42.5 Å². The quantitative estimate of drug-likeness (QED) is 0.740. The Morgan fingerprint density at radius 1 is 1.14 bits per heavy atom. The molecule has 0 saturated heterocycles. The van der Waals surface area contributed by atoms with Crippen LogP contribution in [0.2, 0.25) is 0 Å². The van der Waals surface area contributed by atoms with Gasteiger partial charge in [-0.2, -0.15) is 0 Å². The van der Waals surface area contributed by atoms with Crippen LogP contribution in [0.3, 0.4) is 0 Å². The molecule has 3 rings (SSSR count). The van der Waals surface area contributed by atoms with Gasteiger partial charge in [0, 0.05) is 18.2 Å². The van der Waals surface area contributed by atoms with Gasteiger partial charge >= 0.3 is 0 Å². The van der Waals surface area contributed by atoms with E-state index in [-0.39, 0.29) is 11.9 Å². The van der Waals surface area contributed by atoms with Crippen LogP contribution >= 0.6 is 0 Å². The number of imidazole rings is 1. The van der Waals surface area contributed by atoms with Crippen molar-refractivity contribution < 1.29 is 4.39 Å². The largest absolute Gasteiger partial charge is 0.399 e. The molecule has 2 N–H and O–H groups in total. The van der Waals surface area contributed by atoms with Gasteiger partial charge in [0.2, 0.25) is 0 Å². The normalized spacial score (nSPS) is 11.4. The van der Waals surface area contributed by atoms with Crippen molar-refractivity contribution in [3.05, 3.63) is 59.7 Å². The Labute approximate surface area is 123 Å². The summed E-state index contributed by atoms with van der Waals surface area (Å²) >= 11 is 0. The summed E-state index contributed by atoms with van der Waals surface area (Å²) in [5.41, 5.74) is 9.27. The summed E-state index contributed by atoms with van der Waals surface area (Å²) in [5, 5.41) is 0. The van der Waals surface area contributed by atoms with Crippen molar-refractivity contribution >= 4 is 16.7 Å². The Morgan fingerprint density at radius 2 is 1.86 bits per heavy atom. The first kappa shape index (κ1) is 13.6. The van der Waals surface area contributed by atoms with Crippen LogP contribution in [0.5, 0.6) is 0 Å². The van der Waals surface area contributed by atoms with Crippen LogP contribution in [-0.2, 0) is 6.42 Å². The zero-order valence-corrected chi connectivity index (χ0v) is 12.2. The number of nitrogens with two attached hydrogens (primary N) is 1. The lowest BCUT2D eigenvalue weighted by atomic mass is 10.1. The molecular weight excluding hydrogens is 265 g/mol. The fourth-order valence-corrected chi connectivity index (χ4v) is 2.64. The molecule has 0 radical (unpaired) electrons. The second-order valence-corrected chi connectivity index (χ2v) is 5.54. The number of rotatable bonds is 3. The Bertz CT molecular complexity index is 773. The van der Waals surface area contributed by atoms with E-state index < -0.39 is 0 Å². The summed E-state index contributed by atoms with van der Waals surface area (Å²) in [6, 6.07) is 12.7. The number of nitrogen functional groups attached to an aromatic ring is 1. The highest BCUT2D eigenvalue weighted by molar-refractivity contribution is 5.76. The molecule has 0 saturated carbocycles. The molecule has 108 valence electrons. The smallest absolute Gasteiger partial charge is 0.125 e. The van der Waals surface area contributed by atoms with E-state index in [1.807, 2.05) is 24.3 Å². The van der Waals surface area contributed by atoms with Crippen molar-refractivity contribution in [1.82, 2.24) is 9.55 Å². The van der Waals surface area contributed by atoms with Gasteiger partial charge in [0.1, 0.15) is 11.6 Å². The number of fused-ring (bicyclic) bond motifs is 1. The Balaban J connectivity index is 2.08. The number of aromatic nitrogens is 2. The molecule has 4 heteroatoms. The molecule has 2 aromatic carbocycles. The number of hydrogen-bond donors (Lipinski definition) is 1. The summed E-state index contributed by atoms with van der Waals surface area (Å²) in [6.45, 7) is 4.16. The monoisotopic (exact) mass is 283 g/mol. The lowest BCUT2D eigenvalue weighted by molar-refractivity contribution is 0.587. The molecule has 0 unspecified atom stereocenters. The lowest BCUT2D eigenvalue weighted by Crippen LogP contribution is -2.07. The summed E-state index contributed by atoms with van der Waals surface area (Å²) < 4.78 is 15.6. The standard InChI is InChI=1S/C17H18FN3/c1-11(2)21-16-10-13(18)5-8-15(16)20-17(21)9-12-3-6-14(19)7-4-12/h3-8,10-11H,9,19H2,1-2H3. The van der Waals surface area contributed by atoms with E-state index in [0.29, 0.717) is 6.42 Å². The topological polar surface area (TPSA) is 43.8 Å². The van der Waals surface area contributed by atoms with Gasteiger partial charge < -0.3 is 10.3 Å². The van der Waals surface area contributed by atoms with E-state index in [1.54, 1.807) is 12.1 Å². The van der Waals surface area contributed by atoms with Gasteiger partial charge in [-0.25, -0.2) is 9.37 Å². The van der Waals surface area contributed by atoms with E-state index in [1.165, 1.54) is 6.07 Å². The minimum atomic E-state index is -0.233. The van der Waals surface area contributed by atoms with Gasteiger partial charge in [-0.3, -0.25) is 0 Å². The maximum atomic E-state index is 13.5. The third-order valence-corrected chi connectivity index (χ3v) is 3.58. The van der Waals surface area contributed by atoms with E-state index in [9.17, 15) is 4.39 Å². The molecular formula is C17H18FN3. The first-order valence-electron chi connectivity index (χ1n) is 7.05. The van der Waals surface area contributed by atoms with Crippen molar-refractivity contribution in [2.45, 2.75) is 26.3 Å². The van der Waals surface area contributed by atoms with Crippen LogP contribution in [0.25, 0.3) is 11.0 Å². The first-order chi connectivity index (χ1) is 10.0. The molecule has 21 heavy (non-hydrogen) atoms. The molecule has 0 atom stereocenters. The molecule has 0 bridgehead atoms. The Kier molecular flexibility index (Phi) is 3.37. The SMILES string of the molecule is CC(C)n1c(Cc2ccc(N)cc2)nc2ccc(F)cc21. The number of benzene rings is 2. The fraction of sp³-hybridized carbons (Fsp3) is 0.235. The maximum Gasteiger partial charge on any atom is 0.125 e. The number of nitrogens with zero attached hydrogens (tertiary/aromatic N) is 2. The Hall–Kier alpha value is -2.36. The predicted molar refractivity (Wildman–Crippen MR) is 83.7 cm³/mol. The highest BCUT2D eigenvalue weighted by atomic mass is 19.1. The van der Waals surface area contributed by atoms with Crippen molar-refractivity contribution in [3.8, 4) is 0 Å². The molecule has 1 aromatic heterocycles. The third kappa shape index (κ3) is 2.61. The van der Waals surface area contributed by atoms with Gasteiger partial charge in [-0.15, -0.1) is 0 Å². The molecule has 0 spiro atoms. The summed E-state index contributed by atoms with van der Waals surface area (Å²) in [6.07, 6.45) is 0.703. The molecule has 0 aliphatic heterocycles. The van der Waals surface area contributed by atoms with Crippen LogP contribution in [0.4, 0.5) is 10.1 Å².